The number of carbonyl (C=O) groups is 1. The number of hydrogen-bond donors (Lipinski definition) is 0. The largest absolute Gasteiger partial charge is 0.484 e. The number of likely N-dealkylation sites (tertiary alicyclic amines) is 1. The molecule has 6 nitrogen and oxygen atoms in total. The van der Waals surface area contributed by atoms with Gasteiger partial charge in [-0.15, -0.1) is 0 Å². The van der Waals surface area contributed by atoms with E-state index in [-0.39, 0.29) is 12.5 Å². The van der Waals surface area contributed by atoms with Gasteiger partial charge in [0.2, 0.25) is 5.89 Å². The summed E-state index contributed by atoms with van der Waals surface area (Å²) in [6, 6.07) is 7.74. The van der Waals surface area contributed by atoms with E-state index in [0.717, 1.165) is 56.2 Å². The summed E-state index contributed by atoms with van der Waals surface area (Å²) >= 11 is 0. The van der Waals surface area contributed by atoms with Crippen LogP contribution in [-0.2, 0) is 11.2 Å². The molecule has 2 aliphatic rings. The maximum Gasteiger partial charge on any atom is 0.260 e. The number of aromatic nitrogens is 2. The van der Waals surface area contributed by atoms with E-state index in [0.29, 0.717) is 11.8 Å². The fourth-order valence-corrected chi connectivity index (χ4v) is 3.20. The minimum Gasteiger partial charge on any atom is -0.484 e. The molecule has 4 rings (SSSR count). The van der Waals surface area contributed by atoms with E-state index < -0.39 is 0 Å². The third-order valence-corrected chi connectivity index (χ3v) is 4.90. The SMILES string of the molecule is Cc1ccc(OCC(=O)N2CCC(Cc3noc(C4CC4)n3)C2)cc1. The van der Waals surface area contributed by atoms with E-state index in [1.807, 2.05) is 36.1 Å². The number of amides is 1. The predicted molar refractivity (Wildman–Crippen MR) is 91.3 cm³/mol. The Balaban J connectivity index is 1.24. The summed E-state index contributed by atoms with van der Waals surface area (Å²) in [5, 5.41) is 4.08. The standard InChI is InChI=1S/C19H23N3O3/c1-13-2-6-16(7-3-13)24-12-18(23)22-9-8-14(11-22)10-17-20-19(25-21-17)15-4-5-15/h2-3,6-7,14-15H,4-5,8-12H2,1H3. The van der Waals surface area contributed by atoms with Gasteiger partial charge in [-0.1, -0.05) is 22.9 Å². The van der Waals surface area contributed by atoms with Crippen molar-refractivity contribution < 1.29 is 14.1 Å². The molecule has 1 saturated carbocycles. The lowest BCUT2D eigenvalue weighted by Crippen LogP contribution is -2.33. The molecule has 1 atom stereocenters. The second-order valence-electron chi connectivity index (χ2n) is 7.12. The average Bonchev–Trinajstić information content (AvgIpc) is 3.18. The van der Waals surface area contributed by atoms with Gasteiger partial charge in [-0.2, -0.15) is 4.98 Å². The minimum atomic E-state index is 0.0369. The van der Waals surface area contributed by atoms with Crippen molar-refractivity contribution in [3.63, 3.8) is 0 Å². The number of nitrogens with zero attached hydrogens (tertiary/aromatic N) is 3. The summed E-state index contributed by atoms with van der Waals surface area (Å²) in [4.78, 5) is 18.7. The van der Waals surface area contributed by atoms with Gasteiger partial charge in [0.1, 0.15) is 5.75 Å². The number of carbonyl (C=O) groups excluding carboxylic acids is 1. The Morgan fingerprint density at radius 1 is 1.28 bits per heavy atom. The van der Waals surface area contributed by atoms with Crippen molar-refractivity contribution in [1.29, 1.82) is 0 Å². The molecule has 0 bridgehead atoms. The highest BCUT2D eigenvalue weighted by Gasteiger charge is 2.31. The molecule has 132 valence electrons. The van der Waals surface area contributed by atoms with Crippen LogP contribution in [0.5, 0.6) is 5.75 Å². The van der Waals surface area contributed by atoms with Crippen molar-refractivity contribution in [3.05, 3.63) is 41.5 Å². The molecule has 1 unspecified atom stereocenters. The number of rotatable bonds is 6. The summed E-state index contributed by atoms with van der Waals surface area (Å²) in [5.74, 6) is 3.21. The molecule has 1 aromatic heterocycles. The first-order chi connectivity index (χ1) is 12.2. The normalized spacial score (nSPS) is 20.0. The second-order valence-corrected chi connectivity index (χ2v) is 7.12. The van der Waals surface area contributed by atoms with Crippen LogP contribution in [0.4, 0.5) is 0 Å². The maximum absolute atomic E-state index is 12.3. The molecule has 1 aromatic carbocycles. The number of benzene rings is 1. The molecule has 6 heteroatoms. The molecule has 1 aliphatic heterocycles. The van der Waals surface area contributed by atoms with Crippen LogP contribution < -0.4 is 4.74 Å². The van der Waals surface area contributed by atoms with E-state index in [9.17, 15) is 4.79 Å². The molecule has 0 N–H and O–H groups in total. The van der Waals surface area contributed by atoms with Crippen molar-refractivity contribution >= 4 is 5.91 Å². The summed E-state index contributed by atoms with van der Waals surface area (Å²) in [6.07, 6.45) is 4.07. The van der Waals surface area contributed by atoms with Gasteiger partial charge in [0, 0.05) is 25.4 Å². The fourth-order valence-electron chi connectivity index (χ4n) is 3.20. The Morgan fingerprint density at radius 2 is 2.08 bits per heavy atom. The van der Waals surface area contributed by atoms with Gasteiger partial charge in [0.05, 0.1) is 0 Å². The smallest absolute Gasteiger partial charge is 0.260 e. The van der Waals surface area contributed by atoms with Crippen molar-refractivity contribution in [2.24, 2.45) is 5.92 Å². The van der Waals surface area contributed by atoms with Gasteiger partial charge in [-0.3, -0.25) is 4.79 Å². The van der Waals surface area contributed by atoms with Crippen LogP contribution in [0.15, 0.2) is 28.8 Å². The van der Waals surface area contributed by atoms with Crippen molar-refractivity contribution in [2.45, 2.75) is 38.5 Å². The lowest BCUT2D eigenvalue weighted by Gasteiger charge is -2.16. The van der Waals surface area contributed by atoms with Crippen LogP contribution >= 0.6 is 0 Å². The summed E-state index contributed by atoms with van der Waals surface area (Å²) in [7, 11) is 0. The molecule has 2 fully saturated rings. The molecule has 2 aromatic rings. The second kappa shape index (κ2) is 6.86. The van der Waals surface area contributed by atoms with Crippen LogP contribution in [-0.4, -0.2) is 40.6 Å². The lowest BCUT2D eigenvalue weighted by molar-refractivity contribution is -0.132. The molecule has 0 spiro atoms. The van der Waals surface area contributed by atoms with E-state index in [2.05, 4.69) is 10.1 Å². The van der Waals surface area contributed by atoms with Gasteiger partial charge < -0.3 is 14.2 Å². The van der Waals surface area contributed by atoms with Crippen LogP contribution in [0.25, 0.3) is 0 Å². The monoisotopic (exact) mass is 341 g/mol. The van der Waals surface area contributed by atoms with Gasteiger partial charge in [-0.25, -0.2) is 0 Å². The molecule has 1 aliphatic carbocycles. The molecule has 25 heavy (non-hydrogen) atoms. The Labute approximate surface area is 147 Å². The Bertz CT molecular complexity index is 737. The van der Waals surface area contributed by atoms with Crippen LogP contribution in [0.2, 0.25) is 0 Å². The van der Waals surface area contributed by atoms with E-state index in [1.54, 1.807) is 0 Å². The third kappa shape index (κ3) is 4.00. The first-order valence-electron chi connectivity index (χ1n) is 8.97. The van der Waals surface area contributed by atoms with Gasteiger partial charge in [-0.05, 0) is 44.2 Å². The predicted octanol–water partition coefficient (Wildman–Crippen LogP) is 2.73. The zero-order valence-electron chi connectivity index (χ0n) is 14.5. The third-order valence-electron chi connectivity index (χ3n) is 4.90. The zero-order valence-corrected chi connectivity index (χ0v) is 14.5. The molecule has 0 radical (unpaired) electrons. The highest BCUT2D eigenvalue weighted by Crippen LogP contribution is 2.39. The van der Waals surface area contributed by atoms with E-state index in [4.69, 9.17) is 9.26 Å². The Kier molecular flexibility index (Phi) is 4.42. The average molecular weight is 341 g/mol. The highest BCUT2D eigenvalue weighted by molar-refractivity contribution is 5.78. The Hall–Kier alpha value is -2.37. The lowest BCUT2D eigenvalue weighted by atomic mass is 10.1. The molecule has 1 amide bonds. The number of hydrogen-bond acceptors (Lipinski definition) is 5. The van der Waals surface area contributed by atoms with Crippen LogP contribution in [0.3, 0.4) is 0 Å². The highest BCUT2D eigenvalue weighted by atomic mass is 16.5. The van der Waals surface area contributed by atoms with E-state index >= 15 is 0 Å². The van der Waals surface area contributed by atoms with Crippen molar-refractivity contribution in [2.75, 3.05) is 19.7 Å². The van der Waals surface area contributed by atoms with Crippen LogP contribution in [0.1, 0.15) is 42.5 Å². The van der Waals surface area contributed by atoms with Gasteiger partial charge in [0.25, 0.3) is 5.91 Å². The first-order valence-corrected chi connectivity index (χ1v) is 8.97. The Morgan fingerprint density at radius 3 is 2.84 bits per heavy atom. The minimum absolute atomic E-state index is 0.0369. The zero-order chi connectivity index (χ0) is 17.2. The van der Waals surface area contributed by atoms with Crippen molar-refractivity contribution in [3.8, 4) is 5.75 Å². The van der Waals surface area contributed by atoms with E-state index in [1.165, 1.54) is 5.56 Å². The van der Waals surface area contributed by atoms with Gasteiger partial charge in [0.15, 0.2) is 12.4 Å². The topological polar surface area (TPSA) is 68.5 Å². The summed E-state index contributed by atoms with van der Waals surface area (Å²) in [5.41, 5.74) is 1.17. The number of ether oxygens (including phenoxy) is 1. The summed E-state index contributed by atoms with van der Waals surface area (Å²) < 4.78 is 10.9. The molecule has 1 saturated heterocycles. The van der Waals surface area contributed by atoms with Gasteiger partial charge >= 0.3 is 0 Å². The van der Waals surface area contributed by atoms with Crippen LogP contribution in [0, 0.1) is 12.8 Å². The molecular weight excluding hydrogens is 318 g/mol. The molecular formula is C19H23N3O3. The fraction of sp³-hybridized carbons (Fsp3) is 0.526. The van der Waals surface area contributed by atoms with Crippen molar-refractivity contribution in [1.82, 2.24) is 15.0 Å². The summed E-state index contributed by atoms with van der Waals surface area (Å²) in [6.45, 7) is 3.62. The number of aryl methyl sites for hydroxylation is 1. The maximum atomic E-state index is 12.3. The molecule has 2 heterocycles. The first kappa shape index (κ1) is 16.1. The quantitative estimate of drug-likeness (QED) is 0.808.